The second kappa shape index (κ2) is 7.08. The predicted octanol–water partition coefficient (Wildman–Crippen LogP) is 0.130. The highest BCUT2D eigenvalue weighted by molar-refractivity contribution is 5.84. The molecule has 2 rings (SSSR count). The Morgan fingerprint density at radius 3 is 2.86 bits per heavy atom. The molecule has 0 spiro atoms. The molecule has 1 heterocycles. The number of hydrogen-bond acceptors (Lipinski definition) is 4. The van der Waals surface area contributed by atoms with E-state index in [1.807, 2.05) is 30.3 Å². The summed E-state index contributed by atoms with van der Waals surface area (Å²) in [5.74, 6) is 0.586. The molecule has 1 saturated heterocycles. The van der Waals surface area contributed by atoms with Gasteiger partial charge in [0.25, 0.3) is 0 Å². The van der Waals surface area contributed by atoms with Gasteiger partial charge in [-0.25, -0.2) is 0 Å². The van der Waals surface area contributed by atoms with Gasteiger partial charge in [-0.1, -0.05) is 18.2 Å². The van der Waals surface area contributed by atoms with Crippen LogP contribution in [0.25, 0.3) is 0 Å². The average molecular weight is 291 g/mol. The Labute approximate surface area is 124 Å². The van der Waals surface area contributed by atoms with Crippen molar-refractivity contribution in [2.45, 2.75) is 25.4 Å². The zero-order valence-corrected chi connectivity index (χ0v) is 12.1. The van der Waals surface area contributed by atoms with E-state index >= 15 is 0 Å². The molecule has 3 N–H and O–H groups in total. The van der Waals surface area contributed by atoms with E-state index in [2.05, 4.69) is 5.32 Å². The van der Waals surface area contributed by atoms with E-state index in [4.69, 9.17) is 10.5 Å². The zero-order chi connectivity index (χ0) is 15.2. The normalized spacial score (nSPS) is 19.4. The lowest BCUT2D eigenvalue weighted by Crippen LogP contribution is -2.45. The van der Waals surface area contributed by atoms with E-state index in [-0.39, 0.29) is 17.9 Å². The molecule has 1 fully saturated rings. The van der Waals surface area contributed by atoms with Crippen LogP contribution in [0.15, 0.2) is 30.3 Å². The quantitative estimate of drug-likeness (QED) is 0.780. The van der Waals surface area contributed by atoms with Gasteiger partial charge in [0, 0.05) is 13.0 Å². The zero-order valence-electron chi connectivity index (χ0n) is 12.1. The second-order valence-electron chi connectivity index (χ2n) is 5.20. The summed E-state index contributed by atoms with van der Waals surface area (Å²) >= 11 is 0. The maximum absolute atomic E-state index is 11.9. The molecule has 1 aliphatic heterocycles. The van der Waals surface area contributed by atoms with Crippen LogP contribution in [0.4, 0.5) is 0 Å². The third-order valence-electron chi connectivity index (χ3n) is 3.35. The molecule has 21 heavy (non-hydrogen) atoms. The number of rotatable bonds is 6. The number of hydrogen-bond donors (Lipinski definition) is 2. The highest BCUT2D eigenvalue weighted by Gasteiger charge is 2.30. The monoisotopic (exact) mass is 291 g/mol. The standard InChI is InChI=1S/C15H21N3O3/c1-11(16)15(20)17-12-9-14(19)18(10-12)7-8-21-13-5-3-2-4-6-13/h2-6,11-12H,7-10,16H2,1H3,(H,17,20)/t11-,12?/m0/s1. The summed E-state index contributed by atoms with van der Waals surface area (Å²) in [6.45, 7) is 3.08. The lowest BCUT2D eigenvalue weighted by molar-refractivity contribution is -0.128. The largest absolute Gasteiger partial charge is 0.492 e. The Bertz CT molecular complexity index is 490. The summed E-state index contributed by atoms with van der Waals surface area (Å²) < 4.78 is 5.57. The first-order chi connectivity index (χ1) is 10.1. The van der Waals surface area contributed by atoms with E-state index in [9.17, 15) is 9.59 Å². The SMILES string of the molecule is C[C@H](N)C(=O)NC1CC(=O)N(CCOc2ccccc2)C1. The smallest absolute Gasteiger partial charge is 0.236 e. The van der Waals surface area contributed by atoms with Crippen molar-refractivity contribution < 1.29 is 14.3 Å². The number of benzene rings is 1. The molecule has 1 aromatic rings. The van der Waals surface area contributed by atoms with Gasteiger partial charge in [0.1, 0.15) is 12.4 Å². The van der Waals surface area contributed by atoms with Gasteiger partial charge >= 0.3 is 0 Å². The lowest BCUT2D eigenvalue weighted by Gasteiger charge is -2.18. The fourth-order valence-electron chi connectivity index (χ4n) is 2.21. The van der Waals surface area contributed by atoms with Crippen molar-refractivity contribution in [2.75, 3.05) is 19.7 Å². The van der Waals surface area contributed by atoms with Gasteiger partial charge < -0.3 is 20.7 Å². The molecule has 1 unspecified atom stereocenters. The number of amides is 2. The summed E-state index contributed by atoms with van der Waals surface area (Å²) in [4.78, 5) is 25.1. The minimum absolute atomic E-state index is 0.0293. The Morgan fingerprint density at radius 1 is 1.48 bits per heavy atom. The minimum Gasteiger partial charge on any atom is -0.492 e. The van der Waals surface area contributed by atoms with Crippen molar-refractivity contribution in [2.24, 2.45) is 5.73 Å². The van der Waals surface area contributed by atoms with Crippen LogP contribution < -0.4 is 15.8 Å². The van der Waals surface area contributed by atoms with Crippen molar-refractivity contribution in [3.05, 3.63) is 30.3 Å². The molecule has 0 bridgehead atoms. The van der Waals surface area contributed by atoms with Crippen molar-refractivity contribution in [1.82, 2.24) is 10.2 Å². The van der Waals surface area contributed by atoms with E-state index in [0.717, 1.165) is 5.75 Å². The first-order valence-corrected chi connectivity index (χ1v) is 7.08. The summed E-state index contributed by atoms with van der Waals surface area (Å²) in [5.41, 5.74) is 5.50. The highest BCUT2D eigenvalue weighted by atomic mass is 16.5. The van der Waals surface area contributed by atoms with Crippen LogP contribution in [-0.2, 0) is 9.59 Å². The third-order valence-corrected chi connectivity index (χ3v) is 3.35. The summed E-state index contributed by atoms with van der Waals surface area (Å²) in [6.07, 6.45) is 0.323. The van der Waals surface area contributed by atoms with Gasteiger partial charge in [0.15, 0.2) is 0 Å². The van der Waals surface area contributed by atoms with E-state index < -0.39 is 6.04 Å². The maximum atomic E-state index is 11.9. The van der Waals surface area contributed by atoms with Crippen LogP contribution in [0.5, 0.6) is 5.75 Å². The van der Waals surface area contributed by atoms with Crippen molar-refractivity contribution >= 4 is 11.8 Å². The molecule has 2 atom stereocenters. The fourth-order valence-corrected chi connectivity index (χ4v) is 2.21. The van der Waals surface area contributed by atoms with Crippen molar-refractivity contribution in [3.63, 3.8) is 0 Å². The average Bonchev–Trinajstić information content (AvgIpc) is 2.80. The Morgan fingerprint density at radius 2 is 2.19 bits per heavy atom. The molecule has 0 saturated carbocycles. The van der Waals surface area contributed by atoms with Gasteiger partial charge in [0.2, 0.25) is 11.8 Å². The van der Waals surface area contributed by atoms with E-state index in [0.29, 0.717) is 26.1 Å². The van der Waals surface area contributed by atoms with Gasteiger partial charge in [-0.2, -0.15) is 0 Å². The van der Waals surface area contributed by atoms with Crippen LogP contribution in [0.3, 0.4) is 0 Å². The Kier molecular flexibility index (Phi) is 5.16. The molecule has 6 heteroatoms. The van der Waals surface area contributed by atoms with Crippen LogP contribution in [0.1, 0.15) is 13.3 Å². The molecular weight excluding hydrogens is 270 g/mol. The van der Waals surface area contributed by atoms with E-state index in [1.165, 1.54) is 0 Å². The van der Waals surface area contributed by atoms with Gasteiger partial charge in [-0.05, 0) is 19.1 Å². The molecule has 0 radical (unpaired) electrons. The van der Waals surface area contributed by atoms with Crippen LogP contribution in [0, 0.1) is 0 Å². The first kappa shape index (κ1) is 15.3. The minimum atomic E-state index is -0.560. The number of nitrogens with two attached hydrogens (primary N) is 1. The summed E-state index contributed by atoms with van der Waals surface area (Å²) in [6, 6.07) is 8.74. The number of ether oxygens (including phenoxy) is 1. The molecule has 114 valence electrons. The molecule has 2 amide bonds. The van der Waals surface area contributed by atoms with Crippen LogP contribution in [0.2, 0.25) is 0 Å². The van der Waals surface area contributed by atoms with Crippen LogP contribution in [-0.4, -0.2) is 48.5 Å². The third kappa shape index (κ3) is 4.46. The Balaban J connectivity index is 1.74. The fraction of sp³-hybridized carbons (Fsp3) is 0.467. The molecule has 1 aromatic carbocycles. The van der Waals surface area contributed by atoms with Gasteiger partial charge in [0.05, 0.1) is 18.6 Å². The first-order valence-electron chi connectivity index (χ1n) is 7.08. The van der Waals surface area contributed by atoms with Gasteiger partial charge in [-0.3, -0.25) is 9.59 Å². The number of nitrogens with zero attached hydrogens (tertiary/aromatic N) is 1. The summed E-state index contributed by atoms with van der Waals surface area (Å²) in [5, 5.41) is 2.78. The highest BCUT2D eigenvalue weighted by Crippen LogP contribution is 2.12. The van der Waals surface area contributed by atoms with Gasteiger partial charge in [-0.15, -0.1) is 0 Å². The topological polar surface area (TPSA) is 84.7 Å². The number of likely N-dealkylation sites (tertiary alicyclic amines) is 1. The number of nitrogens with one attached hydrogen (secondary N) is 1. The molecule has 6 nitrogen and oxygen atoms in total. The molecular formula is C15H21N3O3. The Hall–Kier alpha value is -2.08. The number of carbonyl (C=O) groups is 2. The van der Waals surface area contributed by atoms with Crippen LogP contribution >= 0.6 is 0 Å². The lowest BCUT2D eigenvalue weighted by atomic mass is 10.2. The van der Waals surface area contributed by atoms with Crippen molar-refractivity contribution in [3.8, 4) is 5.75 Å². The van der Waals surface area contributed by atoms with Crippen molar-refractivity contribution in [1.29, 1.82) is 0 Å². The summed E-state index contributed by atoms with van der Waals surface area (Å²) in [7, 11) is 0. The predicted molar refractivity (Wildman–Crippen MR) is 78.7 cm³/mol. The second-order valence-corrected chi connectivity index (χ2v) is 5.20. The molecule has 0 aliphatic carbocycles. The molecule has 1 aliphatic rings. The van der Waals surface area contributed by atoms with E-state index in [1.54, 1.807) is 11.8 Å². The maximum Gasteiger partial charge on any atom is 0.236 e. The number of carbonyl (C=O) groups excluding carboxylic acids is 2. The molecule has 0 aromatic heterocycles. The number of para-hydroxylation sites is 1.